The number of hydrogen-bond acceptors (Lipinski definition) is 5. The molecule has 1 aliphatic carbocycles. The Morgan fingerprint density at radius 2 is 1.83 bits per heavy atom. The van der Waals surface area contributed by atoms with Gasteiger partial charge in [0.15, 0.2) is 5.49 Å². The maximum atomic E-state index is 13.0. The van der Waals surface area contributed by atoms with Crippen molar-refractivity contribution in [2.75, 3.05) is 10.6 Å². The highest BCUT2D eigenvalue weighted by atomic mass is 16.5. The number of carbonyl (C=O) groups excluding carboxylic acids is 2. The molecule has 9 nitrogen and oxygen atoms in total. The van der Waals surface area contributed by atoms with E-state index in [1.54, 1.807) is 35.1 Å². The fourth-order valence-electron chi connectivity index (χ4n) is 5.48. The number of ether oxygens (including phenoxy) is 1. The highest BCUT2D eigenvalue weighted by Gasteiger charge is 2.30. The molecule has 1 fully saturated rings. The maximum Gasteiger partial charge on any atom is 0.324 e. The Labute approximate surface area is 244 Å². The van der Waals surface area contributed by atoms with Crippen molar-refractivity contribution in [2.24, 2.45) is 10.9 Å². The molecule has 1 unspecified atom stereocenters. The Morgan fingerprint density at radius 1 is 1.02 bits per heavy atom. The van der Waals surface area contributed by atoms with Crippen molar-refractivity contribution in [1.82, 2.24) is 14.8 Å². The quantitative estimate of drug-likeness (QED) is 0.319. The van der Waals surface area contributed by atoms with E-state index < -0.39 is 0 Å². The van der Waals surface area contributed by atoms with Gasteiger partial charge in [0.1, 0.15) is 17.3 Å². The Morgan fingerprint density at radius 3 is 2.60 bits per heavy atom. The van der Waals surface area contributed by atoms with E-state index in [0.717, 1.165) is 53.4 Å². The molecule has 42 heavy (non-hydrogen) atoms. The van der Waals surface area contributed by atoms with Gasteiger partial charge in [-0.2, -0.15) is 10.1 Å². The Bertz CT molecular complexity index is 1800. The summed E-state index contributed by atoms with van der Waals surface area (Å²) in [5, 5.41) is 11.5. The number of anilines is 2. The molecule has 0 radical (unpaired) electrons. The molecule has 2 aromatic heterocycles. The summed E-state index contributed by atoms with van der Waals surface area (Å²) in [6, 6.07) is 18.5. The number of rotatable bonds is 5. The Hall–Kier alpha value is -4.79. The lowest BCUT2D eigenvalue weighted by Crippen LogP contribution is -2.41. The van der Waals surface area contributed by atoms with E-state index in [-0.39, 0.29) is 23.3 Å². The molecule has 0 saturated heterocycles. The maximum absolute atomic E-state index is 13.0. The molecule has 3 amide bonds. The fourth-order valence-corrected chi connectivity index (χ4v) is 5.48. The number of benzene rings is 2. The minimum absolute atomic E-state index is 0.105. The second-order valence-electron chi connectivity index (χ2n) is 11.9. The van der Waals surface area contributed by atoms with E-state index in [1.807, 2.05) is 43.3 Å². The number of hydrogen-bond donors (Lipinski definition) is 2. The first-order valence-corrected chi connectivity index (χ1v) is 14.3. The van der Waals surface area contributed by atoms with Crippen LogP contribution < -0.4 is 26.1 Å². The van der Waals surface area contributed by atoms with Crippen molar-refractivity contribution < 1.29 is 14.3 Å². The van der Waals surface area contributed by atoms with Gasteiger partial charge >= 0.3 is 6.03 Å². The van der Waals surface area contributed by atoms with E-state index in [4.69, 9.17) is 9.84 Å². The van der Waals surface area contributed by atoms with Crippen LogP contribution in [-0.4, -0.2) is 26.7 Å². The molecule has 0 bridgehead atoms. The molecule has 1 aliphatic heterocycles. The summed E-state index contributed by atoms with van der Waals surface area (Å²) >= 11 is 0. The smallest absolute Gasteiger partial charge is 0.324 e. The molecule has 1 saturated carbocycles. The second kappa shape index (κ2) is 10.9. The van der Waals surface area contributed by atoms with Gasteiger partial charge in [-0.1, -0.05) is 39.3 Å². The van der Waals surface area contributed by atoms with Crippen LogP contribution in [0.3, 0.4) is 0 Å². The standard InChI is InChI=1S/C33H34N6O3/c1-20-8-7-9-22(18-20)39-28(19-27(38-39)33(2,3)4)36-32(41)35-21-12-14-23(15-13-21)42-26-16-17-34-30-29(26)24-10-5-6-11-25(24)31(40)37-30/h7-9,12-19,25H,5-6,10-11H2,1-4H3,(H2,35,36,41). The van der Waals surface area contributed by atoms with Gasteiger partial charge in [0.2, 0.25) is 0 Å². The van der Waals surface area contributed by atoms with Gasteiger partial charge < -0.3 is 10.1 Å². The van der Waals surface area contributed by atoms with E-state index in [0.29, 0.717) is 28.5 Å². The van der Waals surface area contributed by atoms with Crippen molar-refractivity contribution in [3.8, 4) is 17.2 Å². The molecule has 3 heterocycles. The average Bonchev–Trinajstić information content (AvgIpc) is 3.39. The molecule has 2 aliphatic rings. The van der Waals surface area contributed by atoms with Crippen LogP contribution in [0.15, 0.2) is 71.9 Å². The molecule has 2 aromatic carbocycles. The first kappa shape index (κ1) is 27.4. The topological polar surface area (TPSA) is 111 Å². The molecule has 9 heteroatoms. The summed E-state index contributed by atoms with van der Waals surface area (Å²) in [5.74, 6) is 1.53. The van der Waals surface area contributed by atoms with Crippen LogP contribution >= 0.6 is 0 Å². The zero-order chi connectivity index (χ0) is 29.4. The highest BCUT2D eigenvalue weighted by molar-refractivity contribution is 5.99. The molecular weight excluding hydrogens is 528 g/mol. The highest BCUT2D eigenvalue weighted by Crippen LogP contribution is 2.33. The third-order valence-corrected chi connectivity index (χ3v) is 7.64. The number of fused-ring (bicyclic) bond motifs is 2. The second-order valence-corrected chi connectivity index (χ2v) is 11.9. The summed E-state index contributed by atoms with van der Waals surface area (Å²) < 4.78 is 8.01. The number of nitrogens with one attached hydrogen (secondary N) is 2. The number of pyridine rings is 1. The zero-order valence-electron chi connectivity index (χ0n) is 24.3. The number of carbonyl (C=O) groups is 2. The van der Waals surface area contributed by atoms with Crippen LogP contribution in [-0.2, 0) is 10.2 Å². The summed E-state index contributed by atoms with van der Waals surface area (Å²) in [6.45, 7) is 8.29. The van der Waals surface area contributed by atoms with Crippen LogP contribution in [0, 0.1) is 12.8 Å². The molecule has 6 rings (SSSR count). The third-order valence-electron chi connectivity index (χ3n) is 7.64. The number of nitrogens with zero attached hydrogens (tertiary/aromatic N) is 4. The number of urea groups is 1. The van der Waals surface area contributed by atoms with Gasteiger partial charge in [-0.05, 0) is 79.8 Å². The van der Waals surface area contributed by atoms with Gasteiger partial charge in [-0.25, -0.2) is 14.5 Å². The fraction of sp³-hybridized carbons (Fsp3) is 0.303. The number of aryl methyl sites for hydroxylation is 1. The lowest BCUT2D eigenvalue weighted by atomic mass is 9.81. The largest absolute Gasteiger partial charge is 0.457 e. The third kappa shape index (κ3) is 5.54. The van der Waals surface area contributed by atoms with Crippen molar-refractivity contribution in [3.05, 3.63) is 88.8 Å². The average molecular weight is 563 g/mol. The normalized spacial score (nSPS) is 16.2. The van der Waals surface area contributed by atoms with Crippen molar-refractivity contribution in [3.63, 3.8) is 0 Å². The van der Waals surface area contributed by atoms with Gasteiger partial charge in [0.25, 0.3) is 5.91 Å². The number of amides is 3. The number of aromatic nitrogens is 3. The van der Waals surface area contributed by atoms with E-state index in [9.17, 15) is 9.59 Å². The predicted molar refractivity (Wildman–Crippen MR) is 162 cm³/mol. The molecular formula is C33H34N6O3. The summed E-state index contributed by atoms with van der Waals surface area (Å²) in [6.07, 6.45) is 5.34. The Kier molecular flexibility index (Phi) is 7.10. The van der Waals surface area contributed by atoms with Crippen LogP contribution in [0.1, 0.15) is 57.7 Å². The summed E-state index contributed by atoms with van der Waals surface area (Å²) in [5.41, 5.74) is 4.77. The van der Waals surface area contributed by atoms with Crippen LogP contribution in [0.4, 0.5) is 16.3 Å². The summed E-state index contributed by atoms with van der Waals surface area (Å²) in [7, 11) is 0. The van der Waals surface area contributed by atoms with E-state index in [1.165, 1.54) is 0 Å². The van der Waals surface area contributed by atoms with Gasteiger partial charge in [0, 0.05) is 23.4 Å². The molecule has 0 spiro atoms. The summed E-state index contributed by atoms with van der Waals surface area (Å²) in [4.78, 5) is 34.2. The van der Waals surface area contributed by atoms with Gasteiger partial charge in [-0.15, -0.1) is 0 Å². The van der Waals surface area contributed by atoms with Crippen LogP contribution in [0.2, 0.25) is 0 Å². The minimum atomic E-state index is -0.382. The van der Waals surface area contributed by atoms with Crippen LogP contribution in [0.5, 0.6) is 11.5 Å². The van der Waals surface area contributed by atoms with Crippen molar-refractivity contribution >= 4 is 29.0 Å². The molecule has 1 atom stereocenters. The van der Waals surface area contributed by atoms with E-state index in [2.05, 4.69) is 41.4 Å². The molecule has 4 aromatic rings. The lowest BCUT2D eigenvalue weighted by molar-refractivity contribution is -0.120. The van der Waals surface area contributed by atoms with Crippen molar-refractivity contribution in [1.29, 1.82) is 0 Å². The SMILES string of the molecule is Cc1cccc(-n2nc(C(C)(C)C)cc2NC(=O)Nc2ccc(Oc3ccnc4c3=C3CCCCC3C(=O)N=4)cc2)c1. The van der Waals surface area contributed by atoms with Gasteiger partial charge in [0.05, 0.1) is 22.5 Å². The first-order valence-electron chi connectivity index (χ1n) is 14.3. The molecule has 214 valence electrons. The van der Waals surface area contributed by atoms with Crippen molar-refractivity contribution in [2.45, 2.75) is 58.8 Å². The first-order chi connectivity index (χ1) is 20.2. The molecule has 2 N–H and O–H groups in total. The lowest BCUT2D eigenvalue weighted by Gasteiger charge is -2.25. The predicted octanol–water partition coefficient (Wildman–Crippen LogP) is 5.81. The Balaban J connectivity index is 1.20. The van der Waals surface area contributed by atoms with Gasteiger partial charge in [-0.3, -0.25) is 10.1 Å². The minimum Gasteiger partial charge on any atom is -0.457 e. The van der Waals surface area contributed by atoms with Crippen LogP contribution in [0.25, 0.3) is 11.3 Å². The van der Waals surface area contributed by atoms with E-state index >= 15 is 0 Å². The zero-order valence-corrected chi connectivity index (χ0v) is 24.3. The monoisotopic (exact) mass is 562 g/mol.